The quantitative estimate of drug-likeness (QED) is 0.301. The Bertz CT molecular complexity index is 1150. The highest BCUT2D eigenvalue weighted by Crippen LogP contribution is 2.28. The molecule has 3 aromatic rings. The molecule has 3 aromatic carbocycles. The second kappa shape index (κ2) is 12.1. The largest absolute Gasteiger partial charge is 0.508 e. The number of hydrazone groups is 1. The second-order valence-electron chi connectivity index (χ2n) is 7.41. The van der Waals surface area contributed by atoms with Crippen LogP contribution in [0.4, 0.5) is 0 Å². The van der Waals surface area contributed by atoms with Gasteiger partial charge in [-0.25, -0.2) is 5.43 Å². The summed E-state index contributed by atoms with van der Waals surface area (Å²) < 4.78 is 5.66. The van der Waals surface area contributed by atoms with E-state index in [1.807, 2.05) is 30.3 Å². The molecule has 7 nitrogen and oxygen atoms in total. The minimum absolute atomic E-state index is 0.128. The molecular formula is C25H23Cl2N3O4. The molecule has 3 rings (SSSR count). The van der Waals surface area contributed by atoms with Crippen LogP contribution < -0.4 is 15.5 Å². The van der Waals surface area contributed by atoms with Crippen molar-refractivity contribution in [3.63, 3.8) is 0 Å². The Balaban J connectivity index is 1.68. The molecule has 3 N–H and O–H groups in total. The summed E-state index contributed by atoms with van der Waals surface area (Å²) in [7, 11) is 0. The van der Waals surface area contributed by atoms with Gasteiger partial charge in [-0.15, -0.1) is 0 Å². The Morgan fingerprint density at radius 1 is 1.03 bits per heavy atom. The van der Waals surface area contributed by atoms with E-state index in [0.29, 0.717) is 16.3 Å². The van der Waals surface area contributed by atoms with Crippen LogP contribution in [0.1, 0.15) is 18.1 Å². The van der Waals surface area contributed by atoms with E-state index < -0.39 is 24.0 Å². The number of ether oxygens (including phenoxy) is 1. The molecule has 0 unspecified atom stereocenters. The Morgan fingerprint density at radius 2 is 1.74 bits per heavy atom. The van der Waals surface area contributed by atoms with Gasteiger partial charge in [-0.2, -0.15) is 5.10 Å². The van der Waals surface area contributed by atoms with Gasteiger partial charge in [0.1, 0.15) is 17.5 Å². The normalized spacial score (nSPS) is 12.7. The van der Waals surface area contributed by atoms with Crippen LogP contribution in [0.15, 0.2) is 77.9 Å². The monoisotopic (exact) mass is 499 g/mol. The molecule has 9 heteroatoms. The van der Waals surface area contributed by atoms with Crippen molar-refractivity contribution in [1.82, 2.24) is 10.7 Å². The van der Waals surface area contributed by atoms with E-state index in [9.17, 15) is 14.7 Å². The summed E-state index contributed by atoms with van der Waals surface area (Å²) >= 11 is 12.0. The fourth-order valence-corrected chi connectivity index (χ4v) is 3.42. The molecule has 34 heavy (non-hydrogen) atoms. The van der Waals surface area contributed by atoms with Crippen LogP contribution in [0.2, 0.25) is 10.0 Å². The van der Waals surface area contributed by atoms with E-state index in [0.717, 1.165) is 5.56 Å². The van der Waals surface area contributed by atoms with Crippen LogP contribution in [0.25, 0.3) is 0 Å². The van der Waals surface area contributed by atoms with E-state index in [1.165, 1.54) is 24.4 Å². The number of carbonyl (C=O) groups is 2. The Morgan fingerprint density at radius 3 is 2.41 bits per heavy atom. The third-order valence-corrected chi connectivity index (χ3v) is 5.29. The van der Waals surface area contributed by atoms with Gasteiger partial charge in [0.25, 0.3) is 11.8 Å². The molecule has 0 aliphatic rings. The van der Waals surface area contributed by atoms with Gasteiger partial charge in [0.15, 0.2) is 6.10 Å². The standard InChI is InChI=1S/C25H23Cl2N3O4/c1-16(34-23-12-9-19(26)14-21(23)27)24(32)29-22(13-17-5-3-2-4-6-17)25(33)30-28-15-18-7-10-20(31)11-8-18/h2-12,14-16,22,31H,13H2,1H3,(H,29,32)(H,30,33)/b28-15-/t16-,22-/m1/s1. The number of hydrogen-bond acceptors (Lipinski definition) is 5. The molecule has 0 aliphatic carbocycles. The van der Waals surface area contributed by atoms with Crippen molar-refractivity contribution < 1.29 is 19.4 Å². The Labute approximate surface area is 207 Å². The zero-order chi connectivity index (χ0) is 24.5. The highest BCUT2D eigenvalue weighted by molar-refractivity contribution is 6.35. The molecule has 2 amide bonds. The molecule has 0 radical (unpaired) electrons. The van der Waals surface area contributed by atoms with Gasteiger partial charge in [-0.1, -0.05) is 53.5 Å². The smallest absolute Gasteiger partial charge is 0.262 e. The van der Waals surface area contributed by atoms with Crippen LogP contribution in [0.5, 0.6) is 11.5 Å². The number of amides is 2. The number of hydrogen-bond donors (Lipinski definition) is 3. The number of phenols is 1. The molecule has 0 saturated heterocycles. The third-order valence-electron chi connectivity index (χ3n) is 4.76. The molecule has 0 heterocycles. The van der Waals surface area contributed by atoms with Crippen molar-refractivity contribution in [3.05, 3.63) is 94.0 Å². The predicted molar refractivity (Wildman–Crippen MR) is 132 cm³/mol. The number of carbonyl (C=O) groups excluding carboxylic acids is 2. The number of nitrogens with zero attached hydrogens (tertiary/aromatic N) is 1. The summed E-state index contributed by atoms with van der Waals surface area (Å²) in [5.41, 5.74) is 4.00. The highest BCUT2D eigenvalue weighted by Gasteiger charge is 2.25. The van der Waals surface area contributed by atoms with Crippen molar-refractivity contribution in [2.45, 2.75) is 25.5 Å². The van der Waals surface area contributed by atoms with Crippen LogP contribution in [0, 0.1) is 0 Å². The predicted octanol–water partition coefficient (Wildman–Crippen LogP) is 4.34. The molecule has 0 saturated carbocycles. The van der Waals surface area contributed by atoms with E-state index in [2.05, 4.69) is 15.8 Å². The van der Waals surface area contributed by atoms with Gasteiger partial charge in [-0.3, -0.25) is 9.59 Å². The first-order valence-corrected chi connectivity index (χ1v) is 11.2. The zero-order valence-electron chi connectivity index (χ0n) is 18.2. The highest BCUT2D eigenvalue weighted by atomic mass is 35.5. The fourth-order valence-electron chi connectivity index (χ4n) is 2.97. The first-order chi connectivity index (χ1) is 16.3. The van der Waals surface area contributed by atoms with Gasteiger partial charge in [-0.05, 0) is 60.5 Å². The minimum atomic E-state index is -0.926. The van der Waals surface area contributed by atoms with E-state index in [-0.39, 0.29) is 17.2 Å². The lowest BCUT2D eigenvalue weighted by Gasteiger charge is -2.21. The van der Waals surface area contributed by atoms with Gasteiger partial charge in [0.05, 0.1) is 11.2 Å². The van der Waals surface area contributed by atoms with Gasteiger partial charge >= 0.3 is 0 Å². The number of nitrogens with one attached hydrogen (secondary N) is 2. The summed E-state index contributed by atoms with van der Waals surface area (Å²) in [5.74, 6) is -0.562. The van der Waals surface area contributed by atoms with E-state index >= 15 is 0 Å². The summed E-state index contributed by atoms with van der Waals surface area (Å²) in [6.07, 6.45) is 0.763. The second-order valence-corrected chi connectivity index (χ2v) is 8.26. The summed E-state index contributed by atoms with van der Waals surface area (Å²) in [5, 5.41) is 16.7. The van der Waals surface area contributed by atoms with E-state index in [1.54, 1.807) is 31.2 Å². The summed E-state index contributed by atoms with van der Waals surface area (Å²) in [4.78, 5) is 25.7. The lowest BCUT2D eigenvalue weighted by molar-refractivity contribution is -0.132. The minimum Gasteiger partial charge on any atom is -0.508 e. The number of aromatic hydroxyl groups is 1. The number of halogens is 2. The van der Waals surface area contributed by atoms with Crippen LogP contribution in [-0.4, -0.2) is 35.3 Å². The van der Waals surface area contributed by atoms with Crippen molar-refractivity contribution >= 4 is 41.2 Å². The Hall–Kier alpha value is -3.55. The number of phenolic OH excluding ortho intramolecular Hbond substituents is 1. The zero-order valence-corrected chi connectivity index (χ0v) is 19.8. The average molecular weight is 500 g/mol. The van der Waals surface area contributed by atoms with Crippen LogP contribution >= 0.6 is 23.2 Å². The molecule has 0 aromatic heterocycles. The molecule has 0 bridgehead atoms. The van der Waals surface area contributed by atoms with Crippen LogP contribution in [0.3, 0.4) is 0 Å². The van der Waals surface area contributed by atoms with E-state index in [4.69, 9.17) is 27.9 Å². The van der Waals surface area contributed by atoms with Crippen molar-refractivity contribution in [2.24, 2.45) is 5.10 Å². The molecule has 2 atom stereocenters. The van der Waals surface area contributed by atoms with Crippen molar-refractivity contribution in [1.29, 1.82) is 0 Å². The number of benzene rings is 3. The molecule has 0 spiro atoms. The maximum atomic E-state index is 12.8. The maximum Gasteiger partial charge on any atom is 0.262 e. The fraction of sp³-hybridized carbons (Fsp3) is 0.160. The Kier molecular flexibility index (Phi) is 8.90. The van der Waals surface area contributed by atoms with Crippen molar-refractivity contribution in [2.75, 3.05) is 0 Å². The van der Waals surface area contributed by atoms with Crippen molar-refractivity contribution in [3.8, 4) is 11.5 Å². The SMILES string of the molecule is C[C@@H](Oc1ccc(Cl)cc1Cl)C(=O)N[C@H](Cc1ccccc1)C(=O)N/N=C\c1ccc(O)cc1. The third kappa shape index (κ3) is 7.50. The average Bonchev–Trinajstić information content (AvgIpc) is 2.82. The number of rotatable bonds is 9. The first kappa shape index (κ1) is 25.1. The molecular weight excluding hydrogens is 477 g/mol. The van der Waals surface area contributed by atoms with Gasteiger partial charge < -0.3 is 15.2 Å². The summed E-state index contributed by atoms with van der Waals surface area (Å²) in [6.45, 7) is 1.56. The van der Waals surface area contributed by atoms with Gasteiger partial charge in [0.2, 0.25) is 0 Å². The molecule has 176 valence electrons. The van der Waals surface area contributed by atoms with Crippen LogP contribution in [-0.2, 0) is 16.0 Å². The molecule has 0 aliphatic heterocycles. The summed E-state index contributed by atoms with van der Waals surface area (Å²) in [6, 6.07) is 19.4. The molecule has 0 fully saturated rings. The first-order valence-electron chi connectivity index (χ1n) is 10.4. The van der Waals surface area contributed by atoms with Gasteiger partial charge in [0, 0.05) is 11.4 Å². The lowest BCUT2D eigenvalue weighted by atomic mass is 10.1. The maximum absolute atomic E-state index is 12.8. The topological polar surface area (TPSA) is 100 Å². The lowest BCUT2D eigenvalue weighted by Crippen LogP contribution is -2.50.